The lowest BCUT2D eigenvalue weighted by Gasteiger charge is -2.25. The highest BCUT2D eigenvalue weighted by atomic mass is 16.5. The standard InChI is InChI=1S/C28H36O4/c1-8-16-30-26-19-27(31-17-9-2)24(28(5,6)7)18-22(26)12-15-25(29)21-10-13-23(14-11-21)32-20(3)4/h10-15,18-19H,3,8-9,16-17H2,1-2,4-7H3/b15-12+. The van der Waals surface area contributed by atoms with E-state index in [4.69, 9.17) is 14.2 Å². The van der Waals surface area contributed by atoms with Crippen LogP contribution in [0, 0.1) is 0 Å². The fourth-order valence-corrected chi connectivity index (χ4v) is 3.11. The fourth-order valence-electron chi connectivity index (χ4n) is 3.11. The van der Waals surface area contributed by atoms with Crippen LogP contribution in [-0.4, -0.2) is 19.0 Å². The van der Waals surface area contributed by atoms with E-state index in [1.165, 1.54) is 0 Å². The van der Waals surface area contributed by atoms with Crippen LogP contribution in [-0.2, 0) is 5.41 Å². The van der Waals surface area contributed by atoms with Gasteiger partial charge in [0.1, 0.15) is 17.2 Å². The van der Waals surface area contributed by atoms with Crippen molar-refractivity contribution < 1.29 is 19.0 Å². The van der Waals surface area contributed by atoms with Crippen LogP contribution in [0.1, 0.15) is 75.9 Å². The van der Waals surface area contributed by atoms with Crippen molar-refractivity contribution in [2.45, 2.75) is 59.8 Å². The van der Waals surface area contributed by atoms with E-state index in [9.17, 15) is 4.79 Å². The molecule has 172 valence electrons. The lowest BCUT2D eigenvalue weighted by atomic mass is 9.85. The average Bonchev–Trinajstić information content (AvgIpc) is 2.74. The summed E-state index contributed by atoms with van der Waals surface area (Å²) >= 11 is 0. The zero-order valence-electron chi connectivity index (χ0n) is 20.3. The van der Waals surface area contributed by atoms with Gasteiger partial charge in [0.25, 0.3) is 0 Å². The van der Waals surface area contributed by atoms with Crippen molar-refractivity contribution in [1.29, 1.82) is 0 Å². The summed E-state index contributed by atoms with van der Waals surface area (Å²) in [5.41, 5.74) is 2.43. The van der Waals surface area contributed by atoms with Gasteiger partial charge in [0.2, 0.25) is 0 Å². The maximum Gasteiger partial charge on any atom is 0.185 e. The van der Waals surface area contributed by atoms with Crippen molar-refractivity contribution in [3.8, 4) is 17.2 Å². The largest absolute Gasteiger partial charge is 0.493 e. The summed E-state index contributed by atoms with van der Waals surface area (Å²) in [4.78, 5) is 12.8. The Morgan fingerprint density at radius 1 is 0.969 bits per heavy atom. The van der Waals surface area contributed by atoms with Crippen LogP contribution in [0.15, 0.2) is 54.8 Å². The van der Waals surface area contributed by atoms with Gasteiger partial charge in [-0.3, -0.25) is 4.79 Å². The quantitative estimate of drug-likeness (QED) is 0.209. The molecule has 0 amide bonds. The monoisotopic (exact) mass is 436 g/mol. The average molecular weight is 437 g/mol. The second-order valence-electron chi connectivity index (χ2n) is 8.86. The number of carbonyl (C=O) groups excluding carboxylic acids is 1. The van der Waals surface area contributed by atoms with Gasteiger partial charge in [0, 0.05) is 22.8 Å². The Labute approximate surface area is 192 Å². The number of allylic oxidation sites excluding steroid dienone is 2. The minimum atomic E-state index is -0.113. The first-order chi connectivity index (χ1) is 15.2. The first kappa shape index (κ1) is 25.3. The minimum Gasteiger partial charge on any atom is -0.493 e. The third kappa shape index (κ3) is 7.30. The van der Waals surface area contributed by atoms with Gasteiger partial charge in [-0.15, -0.1) is 0 Å². The summed E-state index contributed by atoms with van der Waals surface area (Å²) in [5, 5.41) is 0. The molecule has 0 aromatic heterocycles. The molecule has 2 rings (SSSR count). The van der Waals surface area contributed by atoms with E-state index in [2.05, 4.69) is 47.3 Å². The normalized spacial score (nSPS) is 11.4. The molecule has 0 N–H and O–H groups in total. The Bertz CT molecular complexity index is 947. The zero-order valence-corrected chi connectivity index (χ0v) is 20.3. The molecule has 0 aliphatic carbocycles. The molecule has 4 nitrogen and oxygen atoms in total. The van der Waals surface area contributed by atoms with Crippen molar-refractivity contribution in [3.63, 3.8) is 0 Å². The molecule has 0 aliphatic heterocycles. The summed E-state index contributed by atoms with van der Waals surface area (Å²) in [5.74, 6) is 2.73. The van der Waals surface area contributed by atoms with Gasteiger partial charge in [0.05, 0.1) is 19.0 Å². The highest BCUT2D eigenvalue weighted by Gasteiger charge is 2.22. The predicted octanol–water partition coefficient (Wildman–Crippen LogP) is 7.37. The van der Waals surface area contributed by atoms with Crippen LogP contribution in [0.25, 0.3) is 6.08 Å². The maximum atomic E-state index is 12.8. The number of carbonyl (C=O) groups is 1. The topological polar surface area (TPSA) is 44.8 Å². The van der Waals surface area contributed by atoms with E-state index >= 15 is 0 Å². The first-order valence-corrected chi connectivity index (χ1v) is 11.3. The van der Waals surface area contributed by atoms with Crippen LogP contribution >= 0.6 is 0 Å². The summed E-state index contributed by atoms with van der Waals surface area (Å²) < 4.78 is 17.5. The van der Waals surface area contributed by atoms with Gasteiger partial charge in [-0.1, -0.05) is 41.2 Å². The number of benzene rings is 2. The Balaban J connectivity index is 2.37. The number of hydrogen-bond acceptors (Lipinski definition) is 4. The second kappa shape index (κ2) is 11.6. The third-order valence-corrected chi connectivity index (χ3v) is 4.69. The van der Waals surface area contributed by atoms with Crippen molar-refractivity contribution in [2.75, 3.05) is 13.2 Å². The SMILES string of the molecule is C=C(C)Oc1ccc(C(=O)/C=C/c2cc(C(C)(C)C)c(OCCC)cc2OCCC)cc1. The van der Waals surface area contributed by atoms with Gasteiger partial charge in [-0.05, 0) is 67.7 Å². The summed E-state index contributed by atoms with van der Waals surface area (Å²) in [6, 6.07) is 11.1. The molecule has 32 heavy (non-hydrogen) atoms. The molecule has 0 fully saturated rings. The molecule has 2 aromatic carbocycles. The molecule has 4 heteroatoms. The van der Waals surface area contributed by atoms with Crippen LogP contribution in [0.4, 0.5) is 0 Å². The zero-order chi connectivity index (χ0) is 23.7. The summed E-state index contributed by atoms with van der Waals surface area (Å²) in [6.45, 7) is 17.4. The molecule has 0 saturated heterocycles. The lowest BCUT2D eigenvalue weighted by Crippen LogP contribution is -2.15. The van der Waals surface area contributed by atoms with E-state index in [-0.39, 0.29) is 11.2 Å². The molecular weight excluding hydrogens is 400 g/mol. The number of rotatable bonds is 11. The molecule has 0 radical (unpaired) electrons. The Morgan fingerprint density at radius 2 is 1.56 bits per heavy atom. The van der Waals surface area contributed by atoms with E-state index in [1.54, 1.807) is 37.3 Å². The van der Waals surface area contributed by atoms with Crippen LogP contribution in [0.2, 0.25) is 0 Å². The lowest BCUT2D eigenvalue weighted by molar-refractivity contribution is 0.104. The molecule has 0 atom stereocenters. The van der Waals surface area contributed by atoms with Crippen LogP contribution in [0.3, 0.4) is 0 Å². The van der Waals surface area contributed by atoms with Gasteiger partial charge in [0.15, 0.2) is 5.78 Å². The van der Waals surface area contributed by atoms with E-state index in [0.717, 1.165) is 35.5 Å². The van der Waals surface area contributed by atoms with Crippen molar-refractivity contribution >= 4 is 11.9 Å². The van der Waals surface area contributed by atoms with E-state index in [0.29, 0.717) is 30.3 Å². The first-order valence-electron chi connectivity index (χ1n) is 11.3. The molecule has 2 aromatic rings. The molecule has 0 heterocycles. The molecule has 0 saturated carbocycles. The predicted molar refractivity (Wildman–Crippen MR) is 132 cm³/mol. The second-order valence-corrected chi connectivity index (χ2v) is 8.86. The van der Waals surface area contributed by atoms with Gasteiger partial charge >= 0.3 is 0 Å². The van der Waals surface area contributed by atoms with Gasteiger partial charge < -0.3 is 14.2 Å². The number of ether oxygens (including phenoxy) is 3. The van der Waals surface area contributed by atoms with Crippen molar-refractivity contribution in [2.24, 2.45) is 0 Å². The molecular formula is C28H36O4. The Hall–Kier alpha value is -3.01. The van der Waals surface area contributed by atoms with Crippen LogP contribution in [0.5, 0.6) is 17.2 Å². The molecule has 0 aliphatic rings. The molecule has 0 unspecified atom stereocenters. The van der Waals surface area contributed by atoms with E-state index in [1.807, 2.05) is 12.1 Å². The summed E-state index contributed by atoms with van der Waals surface area (Å²) in [7, 11) is 0. The number of hydrogen-bond donors (Lipinski definition) is 0. The Morgan fingerprint density at radius 3 is 2.09 bits per heavy atom. The van der Waals surface area contributed by atoms with Gasteiger partial charge in [-0.2, -0.15) is 0 Å². The highest BCUT2D eigenvalue weighted by molar-refractivity contribution is 6.07. The van der Waals surface area contributed by atoms with Gasteiger partial charge in [-0.25, -0.2) is 0 Å². The smallest absolute Gasteiger partial charge is 0.185 e. The maximum absolute atomic E-state index is 12.8. The minimum absolute atomic E-state index is 0.0862. The number of ketones is 1. The van der Waals surface area contributed by atoms with E-state index < -0.39 is 0 Å². The third-order valence-electron chi connectivity index (χ3n) is 4.69. The highest BCUT2D eigenvalue weighted by Crippen LogP contribution is 2.37. The van der Waals surface area contributed by atoms with Crippen molar-refractivity contribution in [1.82, 2.24) is 0 Å². The van der Waals surface area contributed by atoms with Crippen molar-refractivity contribution in [3.05, 3.63) is 71.5 Å². The van der Waals surface area contributed by atoms with Crippen LogP contribution < -0.4 is 14.2 Å². The summed E-state index contributed by atoms with van der Waals surface area (Å²) in [6.07, 6.45) is 5.24. The Kier molecular flexibility index (Phi) is 9.13. The molecule has 0 spiro atoms. The molecule has 0 bridgehead atoms. The fraction of sp³-hybridized carbons (Fsp3) is 0.393.